The summed E-state index contributed by atoms with van der Waals surface area (Å²) in [6.45, 7) is 13.3. The Kier molecular flexibility index (Phi) is 3.73. The summed E-state index contributed by atoms with van der Waals surface area (Å²) < 4.78 is 0. The predicted octanol–water partition coefficient (Wildman–Crippen LogP) is 3.36. The van der Waals surface area contributed by atoms with Gasteiger partial charge in [0.15, 0.2) is 0 Å². The Morgan fingerprint density at radius 3 is 2.00 bits per heavy atom. The van der Waals surface area contributed by atoms with E-state index in [9.17, 15) is 4.79 Å². The molecule has 0 spiro atoms. The van der Waals surface area contributed by atoms with E-state index in [1.54, 1.807) is 0 Å². The summed E-state index contributed by atoms with van der Waals surface area (Å²) >= 11 is 0. The summed E-state index contributed by atoms with van der Waals surface area (Å²) in [5.41, 5.74) is 0.338. The molecule has 0 saturated carbocycles. The summed E-state index contributed by atoms with van der Waals surface area (Å²) in [7, 11) is -1.45. The highest BCUT2D eigenvalue weighted by Gasteiger charge is 2.40. The van der Waals surface area contributed by atoms with Crippen LogP contribution in [0.15, 0.2) is 0 Å². The lowest BCUT2D eigenvalue weighted by molar-refractivity contribution is -0.137. The third-order valence-electron chi connectivity index (χ3n) is 3.65. The van der Waals surface area contributed by atoms with Crippen molar-refractivity contribution in [2.75, 3.05) is 0 Å². The van der Waals surface area contributed by atoms with E-state index in [1.165, 1.54) is 0 Å². The van der Waals surface area contributed by atoms with E-state index < -0.39 is 14.0 Å². The van der Waals surface area contributed by atoms with E-state index in [0.29, 0.717) is 12.0 Å². The van der Waals surface area contributed by atoms with Gasteiger partial charge < -0.3 is 5.11 Å². The van der Waals surface area contributed by atoms with Crippen LogP contribution in [0.25, 0.3) is 0 Å². The molecule has 0 aliphatic carbocycles. The van der Waals surface area contributed by atoms with Crippen LogP contribution in [0.2, 0.25) is 23.7 Å². The second kappa shape index (κ2) is 3.82. The fourth-order valence-electron chi connectivity index (χ4n) is 1.26. The molecule has 0 aromatic rings. The SMILES string of the molecule is CC(CC(=O)O)[Si](C)(C)C(C)(C)C. The van der Waals surface area contributed by atoms with E-state index in [2.05, 4.69) is 40.8 Å². The van der Waals surface area contributed by atoms with E-state index in [4.69, 9.17) is 5.11 Å². The first-order chi connectivity index (χ1) is 5.59. The first-order valence-electron chi connectivity index (χ1n) is 4.81. The van der Waals surface area contributed by atoms with Crippen LogP contribution in [0, 0.1) is 0 Å². The van der Waals surface area contributed by atoms with Crippen molar-refractivity contribution in [2.45, 2.75) is 57.8 Å². The van der Waals surface area contributed by atoms with Gasteiger partial charge in [-0.2, -0.15) is 0 Å². The molecule has 0 aromatic heterocycles. The molecule has 3 heteroatoms. The minimum absolute atomic E-state index is 0.280. The third-order valence-corrected chi connectivity index (χ3v) is 10.2. The lowest BCUT2D eigenvalue weighted by Crippen LogP contribution is -2.41. The Balaban J connectivity index is 4.54. The molecule has 1 atom stereocenters. The Morgan fingerprint density at radius 1 is 1.38 bits per heavy atom. The highest BCUT2D eigenvalue weighted by Crippen LogP contribution is 2.44. The van der Waals surface area contributed by atoms with Crippen molar-refractivity contribution in [1.29, 1.82) is 0 Å². The van der Waals surface area contributed by atoms with Crippen LogP contribution in [0.3, 0.4) is 0 Å². The number of hydrogen-bond donors (Lipinski definition) is 1. The number of hydrogen-bond acceptors (Lipinski definition) is 1. The molecule has 0 heterocycles. The average Bonchev–Trinajstić information content (AvgIpc) is 1.82. The molecule has 0 saturated heterocycles. The van der Waals surface area contributed by atoms with Gasteiger partial charge in [0.1, 0.15) is 0 Å². The molecule has 0 aliphatic rings. The number of carbonyl (C=O) groups is 1. The number of carboxylic acids is 1. The topological polar surface area (TPSA) is 37.3 Å². The van der Waals surface area contributed by atoms with Crippen LogP contribution in [0.4, 0.5) is 0 Å². The van der Waals surface area contributed by atoms with Crippen LogP contribution in [-0.2, 0) is 4.79 Å². The van der Waals surface area contributed by atoms with Crippen molar-refractivity contribution in [3.63, 3.8) is 0 Å². The molecule has 0 aliphatic heterocycles. The zero-order valence-corrected chi connectivity index (χ0v) is 10.6. The number of aliphatic carboxylic acids is 1. The highest BCUT2D eigenvalue weighted by molar-refractivity contribution is 6.81. The first kappa shape index (κ1) is 12.7. The zero-order valence-electron chi connectivity index (χ0n) is 9.64. The number of rotatable bonds is 3. The standard InChI is InChI=1S/C10H22O2Si/c1-8(7-9(11)12)13(5,6)10(2,3)4/h8H,7H2,1-6H3,(H,11,12). The maximum absolute atomic E-state index is 10.6. The predicted molar refractivity (Wildman–Crippen MR) is 58.9 cm³/mol. The van der Waals surface area contributed by atoms with Gasteiger partial charge in [0.2, 0.25) is 0 Å². The van der Waals surface area contributed by atoms with E-state index >= 15 is 0 Å². The summed E-state index contributed by atoms with van der Waals surface area (Å²) in [6.07, 6.45) is 0.316. The molecule has 13 heavy (non-hydrogen) atoms. The molecule has 78 valence electrons. The molecule has 1 N–H and O–H groups in total. The molecule has 1 unspecified atom stereocenters. The third kappa shape index (κ3) is 3.14. The van der Waals surface area contributed by atoms with Crippen LogP contribution in [0.5, 0.6) is 0 Å². The second-order valence-corrected chi connectivity index (χ2v) is 11.4. The van der Waals surface area contributed by atoms with Crippen LogP contribution in [-0.4, -0.2) is 19.1 Å². The molecular formula is C10H22O2Si. The van der Waals surface area contributed by atoms with Crippen molar-refractivity contribution in [2.24, 2.45) is 0 Å². The minimum atomic E-state index is -1.45. The van der Waals surface area contributed by atoms with Crippen molar-refractivity contribution in [1.82, 2.24) is 0 Å². The van der Waals surface area contributed by atoms with E-state index in [-0.39, 0.29) is 5.04 Å². The van der Waals surface area contributed by atoms with Gasteiger partial charge in [0.25, 0.3) is 0 Å². The normalized spacial score (nSPS) is 15.5. The van der Waals surface area contributed by atoms with Gasteiger partial charge in [-0.15, -0.1) is 0 Å². The molecule has 0 bridgehead atoms. The maximum Gasteiger partial charge on any atom is 0.303 e. The molecule has 0 aromatic carbocycles. The van der Waals surface area contributed by atoms with Gasteiger partial charge in [0.05, 0.1) is 8.07 Å². The van der Waals surface area contributed by atoms with Crippen LogP contribution >= 0.6 is 0 Å². The molecule has 2 nitrogen and oxygen atoms in total. The lowest BCUT2D eigenvalue weighted by atomic mass is 10.2. The number of carboxylic acid groups (broad SMARTS) is 1. The molecule has 0 rings (SSSR count). The summed E-state index contributed by atoms with van der Waals surface area (Å²) in [5, 5.41) is 9.01. The summed E-state index contributed by atoms with van der Waals surface area (Å²) in [5.74, 6) is -0.669. The minimum Gasteiger partial charge on any atom is -0.481 e. The molecule has 0 amide bonds. The van der Waals surface area contributed by atoms with Crippen LogP contribution < -0.4 is 0 Å². The van der Waals surface area contributed by atoms with Gasteiger partial charge >= 0.3 is 5.97 Å². The lowest BCUT2D eigenvalue weighted by Gasteiger charge is -2.41. The summed E-state index contributed by atoms with van der Waals surface area (Å²) in [4.78, 5) is 10.6. The van der Waals surface area contributed by atoms with Gasteiger partial charge in [-0.1, -0.05) is 40.8 Å². The van der Waals surface area contributed by atoms with Gasteiger partial charge in [-0.3, -0.25) is 4.79 Å². The Bertz CT molecular complexity index is 192. The quantitative estimate of drug-likeness (QED) is 0.713. The fraction of sp³-hybridized carbons (Fsp3) is 0.900. The maximum atomic E-state index is 10.6. The van der Waals surface area contributed by atoms with E-state index in [0.717, 1.165) is 0 Å². The first-order valence-corrected chi connectivity index (χ1v) is 7.88. The second-order valence-electron chi connectivity index (χ2n) is 5.47. The Morgan fingerprint density at radius 2 is 1.77 bits per heavy atom. The molecule has 0 radical (unpaired) electrons. The van der Waals surface area contributed by atoms with Gasteiger partial charge in [-0.25, -0.2) is 0 Å². The van der Waals surface area contributed by atoms with Crippen molar-refractivity contribution in [3.8, 4) is 0 Å². The molecule has 0 fully saturated rings. The highest BCUT2D eigenvalue weighted by atomic mass is 28.3. The Labute approximate surface area is 82.4 Å². The van der Waals surface area contributed by atoms with Crippen molar-refractivity contribution < 1.29 is 9.90 Å². The average molecular weight is 202 g/mol. The summed E-state index contributed by atoms with van der Waals surface area (Å²) in [6, 6.07) is 0. The van der Waals surface area contributed by atoms with Crippen molar-refractivity contribution >= 4 is 14.0 Å². The van der Waals surface area contributed by atoms with Crippen molar-refractivity contribution in [3.05, 3.63) is 0 Å². The fourth-order valence-corrected chi connectivity index (χ4v) is 3.42. The monoisotopic (exact) mass is 202 g/mol. The van der Waals surface area contributed by atoms with E-state index in [1.807, 2.05) is 0 Å². The van der Waals surface area contributed by atoms with Crippen LogP contribution in [0.1, 0.15) is 34.1 Å². The van der Waals surface area contributed by atoms with Gasteiger partial charge in [-0.05, 0) is 10.6 Å². The van der Waals surface area contributed by atoms with Gasteiger partial charge in [0, 0.05) is 6.42 Å². The zero-order chi connectivity index (χ0) is 10.9. The Hall–Kier alpha value is -0.313. The smallest absolute Gasteiger partial charge is 0.303 e. The molecular weight excluding hydrogens is 180 g/mol. The largest absolute Gasteiger partial charge is 0.481 e.